The van der Waals surface area contributed by atoms with Crippen LogP contribution in [0.25, 0.3) is 11.1 Å². The van der Waals surface area contributed by atoms with Gasteiger partial charge >= 0.3 is 0 Å². The van der Waals surface area contributed by atoms with Crippen LogP contribution in [-0.2, 0) is 20.2 Å². The van der Waals surface area contributed by atoms with Gasteiger partial charge in [0.15, 0.2) is 23.1 Å². The predicted octanol–water partition coefficient (Wildman–Crippen LogP) is 5.29. The molecule has 0 amide bonds. The molecule has 0 heterocycles. The molecule has 8 rings (SSSR count). The van der Waals surface area contributed by atoms with E-state index in [9.17, 15) is 45.1 Å². The summed E-state index contributed by atoms with van der Waals surface area (Å²) < 4.78 is 69.0. The maximum atomic E-state index is 13.6. The second kappa shape index (κ2) is 15.6. The van der Waals surface area contributed by atoms with Crippen molar-refractivity contribution >= 4 is 137 Å². The first-order valence-corrected chi connectivity index (χ1v) is 19.4. The third-order valence-corrected chi connectivity index (χ3v) is 11.4. The molecule has 0 aliphatic heterocycles. The van der Waals surface area contributed by atoms with Crippen LogP contribution in [0.5, 0.6) is 0 Å². The van der Waals surface area contributed by atoms with E-state index in [4.69, 9.17) is 11.5 Å². The summed E-state index contributed by atoms with van der Waals surface area (Å²) in [5, 5.41) is 5.98. The second-order valence-electron chi connectivity index (χ2n) is 12.9. The third kappa shape index (κ3) is 7.21. The molecule has 0 saturated carbocycles. The zero-order valence-electron chi connectivity index (χ0n) is 30.5. The summed E-state index contributed by atoms with van der Waals surface area (Å²) in [6.45, 7) is 0. The maximum Gasteiger partial charge on any atom is 0.296 e. The molecular formula is C40H26N4Na2O10S2. The fourth-order valence-electron chi connectivity index (χ4n) is 7.01. The number of anilines is 6. The summed E-state index contributed by atoms with van der Waals surface area (Å²) in [4.78, 5) is 52.8. The molecule has 2 aliphatic rings. The molecule has 14 nitrogen and oxygen atoms in total. The summed E-state index contributed by atoms with van der Waals surface area (Å²) in [6, 6.07) is 27.5. The van der Waals surface area contributed by atoms with Gasteiger partial charge < -0.3 is 22.1 Å². The summed E-state index contributed by atoms with van der Waals surface area (Å²) in [6.07, 6.45) is 0. The van der Waals surface area contributed by atoms with Gasteiger partial charge in [0.1, 0.15) is 9.79 Å². The molecule has 6 aromatic rings. The summed E-state index contributed by atoms with van der Waals surface area (Å²) in [5.74, 6) is -2.47. The van der Waals surface area contributed by atoms with Gasteiger partial charge in [0.05, 0.1) is 45.0 Å². The van der Waals surface area contributed by atoms with Crippen molar-refractivity contribution < 1.29 is 45.1 Å². The SMILES string of the molecule is Nc1c(S(=O)(=O)O)cc(Nc2ccc(-c3ccc(Nc4cc(S(=O)(=O)O)c(N)c5c4C(=O)c4ccccc4C5=O)cc3)cc2)c2c1C(=O)c1ccccc1C2=O.[Na].[Na]. The Morgan fingerprint density at radius 2 is 0.707 bits per heavy atom. The molecule has 2 radical (unpaired) electrons. The summed E-state index contributed by atoms with van der Waals surface area (Å²) in [7, 11) is -9.82. The first-order chi connectivity index (χ1) is 26.5. The molecule has 2 aliphatic carbocycles. The Bertz CT molecular complexity index is 2810. The minimum Gasteiger partial charge on any atom is -0.397 e. The number of fused-ring (bicyclic) bond motifs is 4. The predicted molar refractivity (Wildman–Crippen MR) is 218 cm³/mol. The normalized spacial score (nSPS) is 12.9. The van der Waals surface area contributed by atoms with E-state index < -0.39 is 64.5 Å². The van der Waals surface area contributed by atoms with Crippen molar-refractivity contribution in [2.75, 3.05) is 22.1 Å². The van der Waals surface area contributed by atoms with Crippen molar-refractivity contribution in [3.8, 4) is 11.1 Å². The number of carbonyl (C=O) groups is 4. The van der Waals surface area contributed by atoms with Crippen LogP contribution in [0.4, 0.5) is 34.1 Å². The van der Waals surface area contributed by atoms with Crippen LogP contribution in [0.2, 0.25) is 0 Å². The van der Waals surface area contributed by atoms with Crippen molar-refractivity contribution in [3.05, 3.63) is 154 Å². The van der Waals surface area contributed by atoms with E-state index in [0.29, 0.717) is 22.5 Å². The zero-order chi connectivity index (χ0) is 39.8. The van der Waals surface area contributed by atoms with Crippen LogP contribution >= 0.6 is 0 Å². The number of hydrogen-bond acceptors (Lipinski definition) is 12. The molecule has 280 valence electrons. The van der Waals surface area contributed by atoms with Gasteiger partial charge in [-0.15, -0.1) is 0 Å². The molecule has 58 heavy (non-hydrogen) atoms. The van der Waals surface area contributed by atoms with Gasteiger partial charge in [0.25, 0.3) is 20.2 Å². The van der Waals surface area contributed by atoms with Crippen LogP contribution in [0.3, 0.4) is 0 Å². The number of rotatable bonds is 7. The molecule has 0 spiro atoms. The first kappa shape index (κ1) is 42.6. The molecule has 0 aromatic heterocycles. The Morgan fingerprint density at radius 1 is 0.431 bits per heavy atom. The standard InChI is InChI=1S/C40H26N4O10S2.2Na/c41-35-29(55(49,50)51)17-27(31-33(35)39(47)25-7-3-1-5-23(25)37(31)45)43-21-13-9-19(10-14-21)20-11-15-22(16-12-20)44-28-18-30(56(52,53)54)36(42)34-32(28)38(46)24-6-2-4-8-26(24)40(34)48;;/h1-18,43-44H,41-42H2,(H,49,50,51)(H,52,53,54);;. The Kier molecular flexibility index (Phi) is 11.5. The van der Waals surface area contributed by atoms with E-state index in [1.54, 1.807) is 72.8 Å². The first-order valence-electron chi connectivity index (χ1n) is 16.5. The van der Waals surface area contributed by atoms with E-state index in [1.807, 2.05) is 0 Å². The van der Waals surface area contributed by atoms with E-state index in [1.165, 1.54) is 24.3 Å². The van der Waals surface area contributed by atoms with Crippen molar-refractivity contribution in [1.82, 2.24) is 0 Å². The number of benzene rings is 6. The molecule has 8 N–H and O–H groups in total. The number of carbonyl (C=O) groups excluding carboxylic acids is 4. The zero-order valence-corrected chi connectivity index (χ0v) is 36.2. The van der Waals surface area contributed by atoms with Gasteiger partial charge in [-0.3, -0.25) is 28.3 Å². The smallest absolute Gasteiger partial charge is 0.296 e. The van der Waals surface area contributed by atoms with E-state index in [-0.39, 0.29) is 115 Å². The molecule has 0 atom stereocenters. The number of ketones is 4. The maximum absolute atomic E-state index is 13.6. The molecule has 6 aromatic carbocycles. The Hall–Kier alpha value is -4.98. The molecule has 0 fully saturated rings. The average Bonchev–Trinajstić information content (AvgIpc) is 3.16. The van der Waals surface area contributed by atoms with Crippen molar-refractivity contribution in [2.24, 2.45) is 0 Å². The van der Waals surface area contributed by atoms with E-state index in [2.05, 4.69) is 10.6 Å². The van der Waals surface area contributed by atoms with Crippen LogP contribution < -0.4 is 22.1 Å². The van der Waals surface area contributed by atoms with Gasteiger partial charge in [-0.05, 0) is 47.5 Å². The van der Waals surface area contributed by atoms with Gasteiger partial charge in [-0.2, -0.15) is 16.8 Å². The van der Waals surface area contributed by atoms with Crippen molar-refractivity contribution in [2.45, 2.75) is 9.79 Å². The van der Waals surface area contributed by atoms with E-state index >= 15 is 0 Å². The fourth-order valence-corrected chi connectivity index (χ4v) is 8.31. The van der Waals surface area contributed by atoms with Crippen LogP contribution in [0.15, 0.2) is 119 Å². The molecule has 18 heteroatoms. The second-order valence-corrected chi connectivity index (χ2v) is 15.7. The Morgan fingerprint density at radius 3 is 0.983 bits per heavy atom. The van der Waals surface area contributed by atoms with Gasteiger partial charge in [-0.1, -0.05) is 72.8 Å². The Labute approximate surface area is 375 Å². The number of nitrogens with two attached hydrogens (primary N) is 2. The molecule has 0 unspecified atom stereocenters. The molecule has 0 saturated heterocycles. The average molecular weight is 833 g/mol. The van der Waals surface area contributed by atoms with Crippen LogP contribution in [0.1, 0.15) is 63.7 Å². The van der Waals surface area contributed by atoms with Crippen LogP contribution in [0, 0.1) is 0 Å². The van der Waals surface area contributed by atoms with Crippen molar-refractivity contribution in [1.29, 1.82) is 0 Å². The fraction of sp³-hybridized carbons (Fsp3) is 0. The van der Waals surface area contributed by atoms with Crippen LogP contribution in [-0.4, -0.2) is 108 Å². The quantitative estimate of drug-likeness (QED) is 0.0679. The topological polar surface area (TPSA) is 253 Å². The minimum absolute atomic E-state index is 0. The number of hydrogen-bond donors (Lipinski definition) is 6. The third-order valence-electron chi connectivity index (χ3n) is 9.62. The van der Waals surface area contributed by atoms with Gasteiger partial charge in [0.2, 0.25) is 0 Å². The molecule has 0 bridgehead atoms. The number of nitrogen functional groups attached to an aromatic ring is 2. The Balaban J connectivity index is 0.00000283. The van der Waals surface area contributed by atoms with E-state index in [0.717, 1.165) is 12.1 Å². The number of nitrogens with one attached hydrogen (secondary N) is 2. The van der Waals surface area contributed by atoms with Crippen molar-refractivity contribution in [3.63, 3.8) is 0 Å². The monoisotopic (exact) mass is 832 g/mol. The summed E-state index contributed by atoms with van der Waals surface area (Å²) in [5.41, 5.74) is 12.5. The van der Waals surface area contributed by atoms with Gasteiger partial charge in [-0.25, -0.2) is 0 Å². The van der Waals surface area contributed by atoms with Gasteiger partial charge in [0, 0.05) is 92.7 Å². The minimum atomic E-state index is -4.91. The largest absolute Gasteiger partial charge is 0.397 e. The summed E-state index contributed by atoms with van der Waals surface area (Å²) >= 11 is 0. The molecular weight excluding hydrogens is 807 g/mol.